The fraction of sp³-hybridized carbons (Fsp3) is 0.312. The SMILES string of the molecule is CCCc1nnc2n1NC(c1cc3cc(C)ccc3n3nnnc13)S2. The van der Waals surface area contributed by atoms with Crippen LogP contribution in [0.1, 0.15) is 35.7 Å². The van der Waals surface area contributed by atoms with Crippen molar-refractivity contribution in [3.63, 3.8) is 0 Å². The summed E-state index contributed by atoms with van der Waals surface area (Å²) in [4.78, 5) is 0. The molecule has 126 valence electrons. The van der Waals surface area contributed by atoms with Crippen molar-refractivity contribution < 1.29 is 0 Å². The Balaban J connectivity index is 1.64. The number of benzene rings is 1. The van der Waals surface area contributed by atoms with Crippen molar-refractivity contribution in [2.24, 2.45) is 0 Å². The van der Waals surface area contributed by atoms with E-state index < -0.39 is 0 Å². The van der Waals surface area contributed by atoms with Crippen LogP contribution in [0.15, 0.2) is 29.4 Å². The van der Waals surface area contributed by atoms with Crippen LogP contribution < -0.4 is 5.43 Å². The van der Waals surface area contributed by atoms with E-state index in [2.05, 4.69) is 69.3 Å². The van der Waals surface area contributed by atoms with E-state index in [9.17, 15) is 0 Å². The second-order valence-electron chi connectivity index (χ2n) is 6.19. The minimum absolute atomic E-state index is 0.000446. The number of nitrogens with zero attached hydrogens (tertiary/aromatic N) is 7. The molecule has 0 fully saturated rings. The summed E-state index contributed by atoms with van der Waals surface area (Å²) in [6.07, 6.45) is 1.93. The van der Waals surface area contributed by atoms with Crippen LogP contribution in [0.25, 0.3) is 16.6 Å². The summed E-state index contributed by atoms with van der Waals surface area (Å²) >= 11 is 1.64. The van der Waals surface area contributed by atoms with Gasteiger partial charge in [-0.1, -0.05) is 30.3 Å². The van der Waals surface area contributed by atoms with Gasteiger partial charge in [-0.15, -0.1) is 15.3 Å². The van der Waals surface area contributed by atoms with E-state index in [1.165, 1.54) is 5.56 Å². The Morgan fingerprint density at radius 3 is 3.00 bits per heavy atom. The monoisotopic (exact) mass is 352 g/mol. The summed E-state index contributed by atoms with van der Waals surface area (Å²) in [6, 6.07) is 8.45. The van der Waals surface area contributed by atoms with E-state index >= 15 is 0 Å². The summed E-state index contributed by atoms with van der Waals surface area (Å²) in [5.74, 6) is 0.958. The van der Waals surface area contributed by atoms with Crippen LogP contribution in [0, 0.1) is 6.92 Å². The van der Waals surface area contributed by atoms with Gasteiger partial charge in [0.2, 0.25) is 5.16 Å². The first-order valence-corrected chi connectivity index (χ1v) is 9.11. The first kappa shape index (κ1) is 14.6. The predicted molar refractivity (Wildman–Crippen MR) is 95.0 cm³/mol. The zero-order valence-electron chi connectivity index (χ0n) is 13.8. The van der Waals surface area contributed by atoms with Gasteiger partial charge in [0.25, 0.3) is 0 Å². The van der Waals surface area contributed by atoms with Crippen molar-refractivity contribution in [2.75, 3.05) is 5.43 Å². The largest absolute Gasteiger partial charge is 0.304 e. The molecule has 9 heteroatoms. The number of fused-ring (bicyclic) bond motifs is 4. The quantitative estimate of drug-likeness (QED) is 0.606. The second kappa shape index (κ2) is 5.41. The Hall–Kier alpha value is -2.68. The highest BCUT2D eigenvalue weighted by atomic mass is 32.2. The molecule has 1 aliphatic heterocycles. The van der Waals surface area contributed by atoms with Gasteiger partial charge in [-0.2, -0.15) is 4.52 Å². The van der Waals surface area contributed by atoms with E-state index in [4.69, 9.17) is 0 Å². The van der Waals surface area contributed by atoms with Gasteiger partial charge in [0.05, 0.1) is 5.52 Å². The molecule has 0 saturated heterocycles. The van der Waals surface area contributed by atoms with Crippen molar-refractivity contribution in [1.82, 2.24) is 34.9 Å². The number of hydrogen-bond donors (Lipinski definition) is 1. The molecule has 1 unspecified atom stereocenters. The molecule has 0 bridgehead atoms. The number of thioether (sulfide) groups is 1. The minimum atomic E-state index is -0.000446. The number of aryl methyl sites for hydroxylation is 2. The van der Waals surface area contributed by atoms with E-state index in [1.54, 1.807) is 16.3 Å². The zero-order valence-corrected chi connectivity index (χ0v) is 14.7. The highest BCUT2D eigenvalue weighted by Gasteiger charge is 2.30. The summed E-state index contributed by atoms with van der Waals surface area (Å²) in [7, 11) is 0. The standard InChI is InChI=1S/C16H16N8S/c1-3-4-13-17-19-16-24(13)20-15(25-16)11-8-10-7-9(2)5-6-12(10)23-14(11)18-21-22-23/h5-8,15,20H,3-4H2,1-2H3. The zero-order chi connectivity index (χ0) is 17.0. The average molecular weight is 352 g/mol. The van der Waals surface area contributed by atoms with Gasteiger partial charge >= 0.3 is 0 Å². The predicted octanol–water partition coefficient (Wildman–Crippen LogP) is 2.48. The third kappa shape index (κ3) is 2.19. The average Bonchev–Trinajstić information content (AvgIpc) is 3.30. The fourth-order valence-corrected chi connectivity index (χ4v) is 4.23. The molecule has 4 aromatic rings. The van der Waals surface area contributed by atoms with E-state index in [-0.39, 0.29) is 5.37 Å². The Kier molecular flexibility index (Phi) is 3.17. The van der Waals surface area contributed by atoms with Crippen LogP contribution >= 0.6 is 11.8 Å². The van der Waals surface area contributed by atoms with Gasteiger partial charge in [-0.25, -0.2) is 4.68 Å². The molecule has 4 heterocycles. The summed E-state index contributed by atoms with van der Waals surface area (Å²) < 4.78 is 3.79. The molecule has 0 saturated carbocycles. The summed E-state index contributed by atoms with van der Waals surface area (Å²) in [6.45, 7) is 4.22. The highest BCUT2D eigenvalue weighted by Crippen LogP contribution is 2.40. The highest BCUT2D eigenvalue weighted by molar-refractivity contribution is 7.99. The Bertz CT molecular complexity index is 1100. The number of nitrogens with one attached hydrogen (secondary N) is 1. The number of rotatable bonds is 3. The normalized spacial score (nSPS) is 16.5. The smallest absolute Gasteiger partial charge is 0.212 e. The molecule has 1 N–H and O–H groups in total. The minimum Gasteiger partial charge on any atom is -0.304 e. The molecule has 8 nitrogen and oxygen atoms in total. The third-order valence-electron chi connectivity index (χ3n) is 4.38. The van der Waals surface area contributed by atoms with Crippen LogP contribution in [-0.2, 0) is 6.42 Å². The maximum absolute atomic E-state index is 4.29. The Morgan fingerprint density at radius 2 is 2.12 bits per heavy atom. The lowest BCUT2D eigenvalue weighted by molar-refractivity contribution is 0.715. The van der Waals surface area contributed by atoms with Crippen LogP contribution in [0.2, 0.25) is 0 Å². The summed E-state index contributed by atoms with van der Waals surface area (Å²) in [5.41, 5.74) is 7.51. The van der Waals surface area contributed by atoms with E-state index in [0.29, 0.717) is 0 Å². The lowest BCUT2D eigenvalue weighted by Gasteiger charge is -2.14. The first-order valence-electron chi connectivity index (χ1n) is 8.23. The third-order valence-corrected chi connectivity index (χ3v) is 5.45. The number of hydrogen-bond acceptors (Lipinski definition) is 7. The topological polar surface area (TPSA) is 85.8 Å². The van der Waals surface area contributed by atoms with Crippen molar-refractivity contribution >= 4 is 28.3 Å². The van der Waals surface area contributed by atoms with Gasteiger partial charge in [-0.05, 0) is 42.0 Å². The van der Waals surface area contributed by atoms with Gasteiger partial charge < -0.3 is 5.43 Å². The van der Waals surface area contributed by atoms with Gasteiger partial charge in [0, 0.05) is 17.4 Å². The molecule has 1 aliphatic rings. The van der Waals surface area contributed by atoms with Crippen molar-refractivity contribution in [3.05, 3.63) is 41.2 Å². The Morgan fingerprint density at radius 1 is 1.20 bits per heavy atom. The van der Waals surface area contributed by atoms with Crippen LogP contribution in [0.4, 0.5) is 0 Å². The molecule has 1 atom stereocenters. The number of pyridine rings is 1. The van der Waals surface area contributed by atoms with Crippen molar-refractivity contribution in [3.8, 4) is 0 Å². The molecule has 3 aromatic heterocycles. The molecule has 0 aliphatic carbocycles. The molecule has 5 rings (SSSR count). The summed E-state index contributed by atoms with van der Waals surface area (Å²) in [5, 5.41) is 22.8. The van der Waals surface area contributed by atoms with Crippen molar-refractivity contribution in [2.45, 2.75) is 37.2 Å². The molecular weight excluding hydrogens is 336 g/mol. The number of tetrazole rings is 1. The lowest BCUT2D eigenvalue weighted by atomic mass is 10.1. The van der Waals surface area contributed by atoms with E-state index in [0.717, 1.165) is 45.9 Å². The molecule has 0 amide bonds. The second-order valence-corrected chi connectivity index (χ2v) is 7.26. The Labute approximate surface area is 147 Å². The van der Waals surface area contributed by atoms with Crippen LogP contribution in [-0.4, -0.2) is 34.9 Å². The molecule has 0 radical (unpaired) electrons. The van der Waals surface area contributed by atoms with Crippen molar-refractivity contribution in [1.29, 1.82) is 0 Å². The molecule has 25 heavy (non-hydrogen) atoms. The number of aromatic nitrogens is 7. The first-order chi connectivity index (χ1) is 12.2. The maximum Gasteiger partial charge on any atom is 0.212 e. The van der Waals surface area contributed by atoms with Crippen LogP contribution in [0.3, 0.4) is 0 Å². The maximum atomic E-state index is 4.29. The van der Waals surface area contributed by atoms with Gasteiger partial charge in [0.15, 0.2) is 11.5 Å². The van der Waals surface area contributed by atoms with Gasteiger partial charge in [-0.3, -0.25) is 0 Å². The lowest BCUT2D eigenvalue weighted by Crippen LogP contribution is -2.16. The van der Waals surface area contributed by atoms with Crippen LogP contribution in [0.5, 0.6) is 0 Å². The van der Waals surface area contributed by atoms with E-state index in [1.807, 2.05) is 4.68 Å². The molecule has 0 spiro atoms. The fourth-order valence-electron chi connectivity index (χ4n) is 3.21. The van der Waals surface area contributed by atoms with Gasteiger partial charge in [0.1, 0.15) is 5.37 Å². The molecular formula is C16H16N8S. The molecule has 1 aromatic carbocycles.